The van der Waals surface area contributed by atoms with Gasteiger partial charge in [-0.05, 0) is 48.4 Å². The van der Waals surface area contributed by atoms with Crippen molar-refractivity contribution < 1.29 is 9.53 Å². The summed E-state index contributed by atoms with van der Waals surface area (Å²) in [4.78, 5) is 19.1. The Bertz CT molecular complexity index is 959. The molecule has 1 fully saturated rings. The maximum Gasteiger partial charge on any atom is 0.257 e. The normalized spacial score (nSPS) is 15.8. The van der Waals surface area contributed by atoms with Crippen LogP contribution in [0.15, 0.2) is 72.9 Å². The number of hydrogen-bond acceptors (Lipinski definition) is 5. The number of benzene rings is 2. The van der Waals surface area contributed by atoms with Crippen molar-refractivity contribution in [3.05, 3.63) is 84.1 Å². The molecule has 1 aromatic heterocycles. The minimum atomic E-state index is -0.152. The van der Waals surface area contributed by atoms with Crippen molar-refractivity contribution in [3.8, 4) is 5.75 Å². The molecule has 6 heteroatoms. The van der Waals surface area contributed by atoms with E-state index in [4.69, 9.17) is 4.74 Å². The summed E-state index contributed by atoms with van der Waals surface area (Å²) in [6, 6.07) is 21.7. The molecule has 1 amide bonds. The number of methoxy groups -OCH3 is 1. The standard InChI is InChI=1S/C24H26N4O2/c1-30-22-10-7-18(8-11-22)15-25-21-13-14-28(17-21)23-12-9-19(16-26-23)24(29)27-20-5-3-2-4-6-20/h2-12,16,21,25H,13-15,17H2,1H3,(H,27,29)/t21-/m0/s1. The molecule has 2 N–H and O–H groups in total. The maximum atomic E-state index is 12.4. The van der Waals surface area contributed by atoms with Crippen molar-refractivity contribution in [2.45, 2.75) is 19.0 Å². The zero-order valence-corrected chi connectivity index (χ0v) is 17.0. The van der Waals surface area contributed by atoms with Crippen LogP contribution in [0.5, 0.6) is 5.75 Å². The molecule has 30 heavy (non-hydrogen) atoms. The van der Waals surface area contributed by atoms with Crippen molar-refractivity contribution in [1.82, 2.24) is 10.3 Å². The van der Waals surface area contributed by atoms with Gasteiger partial charge in [0, 0.05) is 37.6 Å². The Hall–Kier alpha value is -3.38. The predicted octanol–water partition coefficient (Wildman–Crippen LogP) is 3.71. The Morgan fingerprint density at radius 3 is 2.60 bits per heavy atom. The van der Waals surface area contributed by atoms with Crippen LogP contribution >= 0.6 is 0 Å². The highest BCUT2D eigenvalue weighted by Crippen LogP contribution is 2.19. The number of carbonyl (C=O) groups excluding carboxylic acids is 1. The van der Waals surface area contributed by atoms with Crippen LogP contribution in [0.4, 0.5) is 11.5 Å². The van der Waals surface area contributed by atoms with Crippen LogP contribution < -0.4 is 20.3 Å². The lowest BCUT2D eigenvalue weighted by Gasteiger charge is -2.18. The summed E-state index contributed by atoms with van der Waals surface area (Å²) in [5.74, 6) is 1.62. The zero-order chi connectivity index (χ0) is 20.8. The molecule has 0 spiro atoms. The summed E-state index contributed by atoms with van der Waals surface area (Å²) in [6.07, 6.45) is 2.71. The summed E-state index contributed by atoms with van der Waals surface area (Å²) in [7, 11) is 1.68. The minimum absolute atomic E-state index is 0.152. The average Bonchev–Trinajstić information content (AvgIpc) is 3.28. The average molecular weight is 402 g/mol. The molecule has 2 heterocycles. The molecule has 0 saturated carbocycles. The van der Waals surface area contributed by atoms with Gasteiger partial charge in [0.2, 0.25) is 0 Å². The second kappa shape index (κ2) is 9.41. The molecule has 2 aromatic carbocycles. The van der Waals surface area contributed by atoms with Crippen molar-refractivity contribution in [2.75, 3.05) is 30.4 Å². The highest BCUT2D eigenvalue weighted by Gasteiger charge is 2.23. The van der Waals surface area contributed by atoms with Crippen LogP contribution in [-0.2, 0) is 6.54 Å². The molecule has 6 nitrogen and oxygen atoms in total. The summed E-state index contributed by atoms with van der Waals surface area (Å²) in [5, 5.41) is 6.50. The second-order valence-corrected chi connectivity index (χ2v) is 7.39. The molecular formula is C24H26N4O2. The molecule has 1 aliphatic rings. The Balaban J connectivity index is 1.29. The molecule has 1 saturated heterocycles. The number of anilines is 2. The van der Waals surface area contributed by atoms with Crippen LogP contribution in [0.3, 0.4) is 0 Å². The SMILES string of the molecule is COc1ccc(CN[C@H]2CCN(c3ccc(C(=O)Nc4ccccc4)cn3)C2)cc1. The number of amides is 1. The molecule has 1 aliphatic heterocycles. The van der Waals surface area contributed by atoms with Gasteiger partial charge in [-0.3, -0.25) is 4.79 Å². The predicted molar refractivity (Wildman–Crippen MR) is 119 cm³/mol. The van der Waals surface area contributed by atoms with Crippen molar-refractivity contribution >= 4 is 17.4 Å². The Morgan fingerprint density at radius 1 is 1.10 bits per heavy atom. The van der Waals surface area contributed by atoms with Crippen LogP contribution in [-0.4, -0.2) is 37.1 Å². The quantitative estimate of drug-likeness (QED) is 0.631. The minimum Gasteiger partial charge on any atom is -0.497 e. The van der Waals surface area contributed by atoms with Gasteiger partial charge in [-0.25, -0.2) is 4.98 Å². The van der Waals surface area contributed by atoms with Crippen molar-refractivity contribution in [2.24, 2.45) is 0 Å². The smallest absolute Gasteiger partial charge is 0.257 e. The Kier molecular flexibility index (Phi) is 6.25. The van der Waals surface area contributed by atoms with E-state index in [1.165, 1.54) is 5.56 Å². The summed E-state index contributed by atoms with van der Waals surface area (Å²) < 4.78 is 5.20. The van der Waals surface area contributed by atoms with Gasteiger partial charge in [-0.15, -0.1) is 0 Å². The van der Waals surface area contributed by atoms with E-state index in [0.717, 1.165) is 43.3 Å². The Morgan fingerprint density at radius 2 is 1.90 bits per heavy atom. The lowest BCUT2D eigenvalue weighted by atomic mass is 10.2. The third-order valence-electron chi connectivity index (χ3n) is 5.31. The van der Waals surface area contributed by atoms with E-state index >= 15 is 0 Å². The molecule has 0 bridgehead atoms. The van der Waals surface area contributed by atoms with E-state index in [2.05, 4.69) is 32.7 Å². The fraction of sp³-hybridized carbons (Fsp3) is 0.250. The van der Waals surface area contributed by atoms with E-state index < -0.39 is 0 Å². The first kappa shape index (κ1) is 19.9. The Labute approximate surface area is 176 Å². The monoisotopic (exact) mass is 402 g/mol. The first-order valence-electron chi connectivity index (χ1n) is 10.1. The highest BCUT2D eigenvalue weighted by molar-refractivity contribution is 6.04. The van der Waals surface area contributed by atoms with Gasteiger partial charge in [0.05, 0.1) is 12.7 Å². The number of rotatable bonds is 7. The van der Waals surface area contributed by atoms with Gasteiger partial charge >= 0.3 is 0 Å². The number of para-hydroxylation sites is 1. The number of nitrogens with one attached hydrogen (secondary N) is 2. The number of hydrogen-bond donors (Lipinski definition) is 2. The van der Waals surface area contributed by atoms with Gasteiger partial charge in [-0.1, -0.05) is 30.3 Å². The van der Waals surface area contributed by atoms with Crippen LogP contribution in [0.2, 0.25) is 0 Å². The second-order valence-electron chi connectivity index (χ2n) is 7.39. The molecule has 3 aromatic rings. The molecular weight excluding hydrogens is 376 g/mol. The van der Waals surface area contributed by atoms with E-state index in [9.17, 15) is 4.79 Å². The highest BCUT2D eigenvalue weighted by atomic mass is 16.5. The van der Waals surface area contributed by atoms with E-state index in [1.54, 1.807) is 13.3 Å². The third kappa shape index (κ3) is 4.96. The van der Waals surface area contributed by atoms with E-state index in [-0.39, 0.29) is 5.91 Å². The zero-order valence-electron chi connectivity index (χ0n) is 17.0. The molecule has 0 radical (unpaired) electrons. The maximum absolute atomic E-state index is 12.4. The van der Waals surface area contributed by atoms with E-state index in [1.807, 2.05) is 54.6 Å². The molecule has 0 aliphatic carbocycles. The first-order valence-corrected chi connectivity index (χ1v) is 10.1. The topological polar surface area (TPSA) is 66.5 Å². The van der Waals surface area contributed by atoms with Gasteiger partial charge < -0.3 is 20.3 Å². The van der Waals surface area contributed by atoms with Crippen LogP contribution in [0.25, 0.3) is 0 Å². The molecule has 154 valence electrons. The van der Waals surface area contributed by atoms with Crippen molar-refractivity contribution in [1.29, 1.82) is 0 Å². The number of ether oxygens (including phenoxy) is 1. The summed E-state index contributed by atoms with van der Waals surface area (Å²) in [6.45, 7) is 2.68. The van der Waals surface area contributed by atoms with Crippen LogP contribution in [0, 0.1) is 0 Å². The largest absolute Gasteiger partial charge is 0.497 e. The summed E-state index contributed by atoms with van der Waals surface area (Å²) in [5.41, 5.74) is 2.56. The van der Waals surface area contributed by atoms with E-state index in [0.29, 0.717) is 11.6 Å². The lowest BCUT2D eigenvalue weighted by molar-refractivity contribution is 0.102. The fourth-order valence-electron chi connectivity index (χ4n) is 3.57. The van der Waals surface area contributed by atoms with Gasteiger partial charge in [0.25, 0.3) is 5.91 Å². The number of aromatic nitrogens is 1. The number of carbonyl (C=O) groups is 1. The van der Waals surface area contributed by atoms with Gasteiger partial charge in [0.1, 0.15) is 11.6 Å². The first-order chi connectivity index (χ1) is 14.7. The summed E-state index contributed by atoms with van der Waals surface area (Å²) >= 11 is 0. The lowest BCUT2D eigenvalue weighted by Crippen LogP contribution is -2.32. The van der Waals surface area contributed by atoms with Crippen molar-refractivity contribution in [3.63, 3.8) is 0 Å². The van der Waals surface area contributed by atoms with Gasteiger partial charge in [0.15, 0.2) is 0 Å². The number of nitrogens with zero attached hydrogens (tertiary/aromatic N) is 2. The van der Waals surface area contributed by atoms with Gasteiger partial charge in [-0.2, -0.15) is 0 Å². The third-order valence-corrected chi connectivity index (χ3v) is 5.31. The van der Waals surface area contributed by atoms with Crippen LogP contribution in [0.1, 0.15) is 22.3 Å². The number of pyridine rings is 1. The molecule has 1 atom stereocenters. The molecule has 0 unspecified atom stereocenters. The fourth-order valence-corrected chi connectivity index (χ4v) is 3.57. The molecule has 4 rings (SSSR count).